The number of likely N-dealkylation sites (tertiary alicyclic amines) is 1. The molecule has 3 aliphatic carbocycles. The Hall–Kier alpha value is -4.45. The van der Waals surface area contributed by atoms with E-state index in [0.29, 0.717) is 78.3 Å². The number of nitrogens with one attached hydrogen (secondary N) is 3. The molecule has 0 unspecified atom stereocenters. The molecule has 8 rings (SSSR count). The van der Waals surface area contributed by atoms with E-state index >= 15 is 0 Å². The van der Waals surface area contributed by atoms with Crippen molar-refractivity contribution in [1.29, 1.82) is 0 Å². The van der Waals surface area contributed by atoms with E-state index in [2.05, 4.69) is 20.9 Å². The SMILES string of the molecule is CC[C@@H]1C[C@]1(NC(=O)[C@@H]1C[C@@H](Oc2cc(-c3csc(NC(C)C)n3)nc3c(Cl)c(OC[C@H]4COCCN4C)ccc23)CN1C(=O)[C@@H](NC(=O)O[C@@H]1C[C@@H]2C[C@@H]2C1)C(C)(C)C)C(=O)O. The van der Waals surface area contributed by atoms with E-state index in [0.717, 1.165) is 24.5 Å². The normalized spacial score (nSPS) is 28.3. The summed E-state index contributed by atoms with van der Waals surface area (Å²) < 4.78 is 24.6. The molecule has 2 aromatic heterocycles. The summed E-state index contributed by atoms with van der Waals surface area (Å²) in [4.78, 5) is 68.4. The summed E-state index contributed by atoms with van der Waals surface area (Å²) in [6, 6.07) is 3.39. The van der Waals surface area contributed by atoms with Gasteiger partial charge in [0.15, 0.2) is 5.13 Å². The number of aromatic nitrogens is 2. The van der Waals surface area contributed by atoms with Gasteiger partial charge in [0.2, 0.25) is 11.8 Å². The summed E-state index contributed by atoms with van der Waals surface area (Å²) in [5.74, 6) is -0.419. The number of morpholine rings is 1. The molecule has 3 aromatic rings. The number of alkyl carbamates (subject to hydrolysis) is 1. The highest BCUT2D eigenvalue weighted by atomic mass is 35.5. The number of carboxylic acids is 1. The van der Waals surface area contributed by atoms with Gasteiger partial charge in [0.25, 0.3) is 0 Å². The van der Waals surface area contributed by atoms with Gasteiger partial charge in [-0.25, -0.2) is 19.6 Å². The second kappa shape index (κ2) is 17.8. The smallest absolute Gasteiger partial charge is 0.408 e. The number of fused-ring (bicyclic) bond motifs is 2. The maximum atomic E-state index is 14.8. The third-order valence-corrected chi connectivity index (χ3v) is 14.4. The lowest BCUT2D eigenvalue weighted by Gasteiger charge is -2.35. The molecule has 4 heterocycles. The third kappa shape index (κ3) is 9.67. The van der Waals surface area contributed by atoms with E-state index in [4.69, 9.17) is 40.5 Å². The summed E-state index contributed by atoms with van der Waals surface area (Å²) >= 11 is 8.57. The van der Waals surface area contributed by atoms with Crippen LogP contribution in [0.5, 0.6) is 11.5 Å². The summed E-state index contributed by atoms with van der Waals surface area (Å²) in [7, 11) is 2.03. The first kappa shape index (κ1) is 45.1. The van der Waals surface area contributed by atoms with Gasteiger partial charge in [-0.15, -0.1) is 11.3 Å². The average Bonchev–Trinajstić information content (AvgIpc) is 3.90. The zero-order chi connectivity index (χ0) is 45.0. The molecule has 342 valence electrons. The van der Waals surface area contributed by atoms with E-state index in [1.54, 1.807) is 12.1 Å². The lowest BCUT2D eigenvalue weighted by Crippen LogP contribution is -2.59. The number of nitrogens with zero attached hydrogens (tertiary/aromatic N) is 4. The minimum atomic E-state index is -1.42. The van der Waals surface area contributed by atoms with E-state index in [-0.39, 0.29) is 42.1 Å². The predicted octanol–water partition coefficient (Wildman–Crippen LogP) is 6.20. The molecule has 2 aliphatic heterocycles. The van der Waals surface area contributed by atoms with Crippen molar-refractivity contribution in [1.82, 2.24) is 30.4 Å². The number of carbonyl (C=O) groups excluding carboxylic acids is 3. The van der Waals surface area contributed by atoms with Crippen LogP contribution in [0, 0.1) is 23.2 Å². The number of halogens is 1. The number of hydrogen-bond acceptors (Lipinski definition) is 13. The zero-order valence-corrected chi connectivity index (χ0v) is 38.6. The van der Waals surface area contributed by atoms with Crippen molar-refractivity contribution in [3.05, 3.63) is 28.6 Å². The van der Waals surface area contributed by atoms with Crippen molar-refractivity contribution in [3.63, 3.8) is 0 Å². The number of thiazole rings is 1. The standard InChI is InChI=1S/C45H60ClN7O9S/c1-8-26-18-45(26,41(56)57)51-39(54)33-16-29(19-53(33)40(55)38(44(4,5)6)50-43(58)62-28-14-24-13-25(24)15-28)61-35-17-31(32-22-63-42(49-32)47-23(2)3)48-37-30(35)9-10-34(36(37)46)60-21-27-20-59-12-11-52(27)7/h9-10,17,22-29,33,38H,8,11-16,18-21H2,1-7H3,(H,47,49)(H,50,58)(H,51,54)(H,56,57)/t24-,25+,26-,27-,28+,29-,33+,38-,45-/m1/s1. The van der Waals surface area contributed by atoms with Crippen molar-refractivity contribution >= 4 is 62.8 Å². The molecular weight excluding hydrogens is 850 g/mol. The largest absolute Gasteiger partial charge is 0.490 e. The van der Waals surface area contributed by atoms with E-state index < -0.39 is 53.0 Å². The molecule has 63 heavy (non-hydrogen) atoms. The topological polar surface area (TPSA) is 194 Å². The summed E-state index contributed by atoms with van der Waals surface area (Å²) in [5.41, 5.74) is -0.714. The molecule has 3 amide bonds. The number of benzene rings is 1. The first-order chi connectivity index (χ1) is 29.9. The molecule has 0 radical (unpaired) electrons. The molecule has 5 aliphatic rings. The molecule has 4 N–H and O–H groups in total. The second-order valence-electron chi connectivity index (χ2n) is 19.4. The quantitative estimate of drug-likeness (QED) is 0.135. The van der Waals surface area contributed by atoms with E-state index in [9.17, 15) is 24.3 Å². The monoisotopic (exact) mass is 909 g/mol. The minimum absolute atomic E-state index is 0.0340. The fourth-order valence-corrected chi connectivity index (χ4v) is 10.5. The third-order valence-electron chi connectivity index (χ3n) is 13.3. The second-order valence-corrected chi connectivity index (χ2v) is 20.6. The zero-order valence-electron chi connectivity index (χ0n) is 37.1. The van der Waals surface area contributed by atoms with Crippen LogP contribution < -0.4 is 25.4 Å². The highest BCUT2D eigenvalue weighted by molar-refractivity contribution is 7.14. The number of carboxylic acid groups (broad SMARTS) is 1. The molecule has 5 fully saturated rings. The van der Waals surface area contributed by atoms with Gasteiger partial charge >= 0.3 is 12.1 Å². The van der Waals surface area contributed by atoms with Crippen molar-refractivity contribution in [2.75, 3.05) is 45.3 Å². The van der Waals surface area contributed by atoms with Crippen LogP contribution in [0.25, 0.3) is 22.3 Å². The van der Waals surface area contributed by atoms with Gasteiger partial charge in [-0.3, -0.25) is 14.5 Å². The Morgan fingerprint density at radius 1 is 1.06 bits per heavy atom. The van der Waals surface area contributed by atoms with Crippen LogP contribution in [0.15, 0.2) is 23.6 Å². The maximum absolute atomic E-state index is 14.8. The van der Waals surface area contributed by atoms with Gasteiger partial charge < -0.3 is 44.9 Å². The highest BCUT2D eigenvalue weighted by Gasteiger charge is 2.61. The van der Waals surface area contributed by atoms with Crippen LogP contribution in [0.2, 0.25) is 5.02 Å². The van der Waals surface area contributed by atoms with Crippen LogP contribution in [0.4, 0.5) is 9.93 Å². The van der Waals surface area contributed by atoms with E-state index in [1.807, 2.05) is 60.0 Å². The number of carbonyl (C=O) groups is 4. The first-order valence-corrected chi connectivity index (χ1v) is 23.5. The Balaban J connectivity index is 1.10. The molecule has 9 atom stereocenters. The molecule has 2 saturated heterocycles. The van der Waals surface area contributed by atoms with Gasteiger partial charge in [0, 0.05) is 35.8 Å². The maximum Gasteiger partial charge on any atom is 0.408 e. The summed E-state index contributed by atoms with van der Waals surface area (Å²) in [6.45, 7) is 13.8. The first-order valence-electron chi connectivity index (χ1n) is 22.2. The van der Waals surface area contributed by atoms with Gasteiger partial charge in [0.1, 0.15) is 58.7 Å². The lowest BCUT2D eigenvalue weighted by atomic mass is 9.85. The number of rotatable bonds is 15. The molecule has 18 heteroatoms. The molecule has 0 bridgehead atoms. The van der Waals surface area contributed by atoms with Crippen LogP contribution in [0.1, 0.15) is 80.1 Å². The Labute approximate surface area is 377 Å². The average molecular weight is 911 g/mol. The van der Waals surface area contributed by atoms with Gasteiger partial charge in [-0.2, -0.15) is 0 Å². The highest BCUT2D eigenvalue weighted by Crippen LogP contribution is 2.52. The molecule has 0 spiro atoms. The number of likely N-dealkylation sites (N-methyl/N-ethyl adjacent to an activating group) is 1. The number of ether oxygens (including phenoxy) is 4. The Morgan fingerprint density at radius 3 is 2.49 bits per heavy atom. The van der Waals surface area contributed by atoms with Crippen LogP contribution in [-0.4, -0.2) is 131 Å². The van der Waals surface area contributed by atoms with Crippen molar-refractivity contribution in [3.8, 4) is 22.9 Å². The molecule has 1 aromatic carbocycles. The predicted molar refractivity (Wildman–Crippen MR) is 238 cm³/mol. The van der Waals surface area contributed by atoms with Crippen molar-refractivity contribution in [2.24, 2.45) is 23.2 Å². The Kier molecular flexibility index (Phi) is 12.8. The van der Waals surface area contributed by atoms with Gasteiger partial charge in [0.05, 0.1) is 37.0 Å². The molecular formula is C45H60ClN7O9S. The minimum Gasteiger partial charge on any atom is -0.490 e. The number of anilines is 1. The lowest BCUT2D eigenvalue weighted by molar-refractivity contribution is -0.146. The molecule has 16 nitrogen and oxygen atoms in total. The number of pyridine rings is 1. The summed E-state index contributed by atoms with van der Waals surface area (Å²) in [6.07, 6.45) is 2.09. The van der Waals surface area contributed by atoms with Crippen molar-refractivity contribution < 1.29 is 43.2 Å². The fourth-order valence-electron chi connectivity index (χ4n) is 9.37. The number of aliphatic carboxylic acids is 1. The number of hydrogen-bond donors (Lipinski definition) is 4. The fraction of sp³-hybridized carbons (Fsp3) is 0.644. The Bertz CT molecular complexity index is 2230. The Morgan fingerprint density at radius 2 is 1.83 bits per heavy atom. The van der Waals surface area contributed by atoms with Crippen molar-refractivity contribution in [2.45, 2.75) is 122 Å². The molecule has 3 saturated carbocycles. The summed E-state index contributed by atoms with van der Waals surface area (Å²) in [5, 5.41) is 22.7. The van der Waals surface area contributed by atoms with Gasteiger partial charge in [-0.05, 0) is 81.9 Å². The van der Waals surface area contributed by atoms with Crippen LogP contribution >= 0.6 is 22.9 Å². The van der Waals surface area contributed by atoms with Crippen LogP contribution in [0.3, 0.4) is 0 Å². The van der Waals surface area contributed by atoms with E-state index in [1.165, 1.54) is 22.7 Å². The van der Waals surface area contributed by atoms with Gasteiger partial charge in [-0.1, -0.05) is 45.7 Å². The number of amides is 3. The van der Waals surface area contributed by atoms with Crippen LogP contribution in [-0.2, 0) is 23.9 Å².